The zero-order chi connectivity index (χ0) is 20.3. The van der Waals surface area contributed by atoms with Gasteiger partial charge in [0, 0.05) is 0 Å². The molecule has 5 heteroatoms. The van der Waals surface area contributed by atoms with E-state index in [1.165, 1.54) is 63.5 Å². The molecule has 0 amide bonds. The number of hydrogen-bond donors (Lipinski definition) is 1. The van der Waals surface area contributed by atoms with Gasteiger partial charge in [-0.2, -0.15) is 8.42 Å². The summed E-state index contributed by atoms with van der Waals surface area (Å²) < 4.78 is 31.1. The predicted octanol–water partition coefficient (Wildman–Crippen LogP) is 6.27. The Balaban J connectivity index is 0.00000729. The summed E-state index contributed by atoms with van der Waals surface area (Å²) in [7, 11) is -4.08. The Morgan fingerprint density at radius 3 is 1.68 bits per heavy atom. The Bertz CT molecular complexity index is 611. The first kappa shape index (κ1) is 28.1. The molecule has 0 saturated carbocycles. The molecule has 0 aliphatic heterocycles. The summed E-state index contributed by atoms with van der Waals surface area (Å²) in [4.78, 5) is -0.0293. The zero-order valence-corrected chi connectivity index (χ0v) is 18.6. The standard InChI is InChI=1S/C23H40O3S.Na.H/c1-19(2)9-7-11-21(4)13-8-12-20(3)10-5-6-14-22-15-17-23(18-16-22)27(24,25)26;;/h15-21H,5-14H2,1-4H3,(H,24,25,26);;. The van der Waals surface area contributed by atoms with Crippen LogP contribution in [0.25, 0.3) is 0 Å². The second-order valence-electron chi connectivity index (χ2n) is 8.83. The molecule has 0 bridgehead atoms. The molecule has 0 heterocycles. The van der Waals surface area contributed by atoms with Crippen molar-refractivity contribution in [3.8, 4) is 0 Å². The van der Waals surface area contributed by atoms with Gasteiger partial charge in [0.05, 0.1) is 4.90 Å². The van der Waals surface area contributed by atoms with Gasteiger partial charge >= 0.3 is 29.6 Å². The summed E-state index contributed by atoms with van der Waals surface area (Å²) in [6, 6.07) is 6.56. The normalized spacial score (nSPS) is 13.9. The summed E-state index contributed by atoms with van der Waals surface area (Å²) >= 11 is 0. The third-order valence-electron chi connectivity index (χ3n) is 5.51. The molecule has 1 rings (SSSR count). The number of aryl methyl sites for hydroxylation is 1. The monoisotopic (exact) mass is 420 g/mol. The second kappa shape index (κ2) is 15.0. The molecule has 158 valence electrons. The van der Waals surface area contributed by atoms with Crippen LogP contribution in [0.4, 0.5) is 0 Å². The quantitative estimate of drug-likeness (QED) is 0.219. The second-order valence-corrected chi connectivity index (χ2v) is 10.3. The third-order valence-corrected chi connectivity index (χ3v) is 6.37. The fourth-order valence-electron chi connectivity index (χ4n) is 3.63. The predicted molar refractivity (Wildman–Crippen MR) is 122 cm³/mol. The van der Waals surface area contributed by atoms with E-state index in [0.29, 0.717) is 0 Å². The van der Waals surface area contributed by atoms with Crippen LogP contribution in [0.5, 0.6) is 0 Å². The molecule has 0 aromatic heterocycles. The van der Waals surface area contributed by atoms with Gasteiger partial charge in [-0.3, -0.25) is 4.55 Å². The number of unbranched alkanes of at least 4 members (excludes halogenated alkanes) is 1. The maximum absolute atomic E-state index is 11.0. The van der Waals surface area contributed by atoms with Gasteiger partial charge in [-0.05, 0) is 48.3 Å². The van der Waals surface area contributed by atoms with Crippen LogP contribution in [0, 0.1) is 17.8 Å². The zero-order valence-electron chi connectivity index (χ0n) is 17.8. The van der Waals surface area contributed by atoms with E-state index in [4.69, 9.17) is 4.55 Å². The summed E-state index contributed by atoms with van der Waals surface area (Å²) in [6.45, 7) is 9.38. The number of rotatable bonds is 14. The molecule has 0 aliphatic carbocycles. The van der Waals surface area contributed by atoms with E-state index in [0.717, 1.165) is 36.2 Å². The molecule has 1 N–H and O–H groups in total. The maximum atomic E-state index is 11.0. The van der Waals surface area contributed by atoms with Gasteiger partial charge in [0.1, 0.15) is 0 Å². The van der Waals surface area contributed by atoms with Crippen LogP contribution in [-0.2, 0) is 16.5 Å². The first-order valence-electron chi connectivity index (χ1n) is 10.7. The van der Waals surface area contributed by atoms with E-state index in [2.05, 4.69) is 27.7 Å². The fraction of sp³-hybridized carbons (Fsp3) is 0.739. The summed E-state index contributed by atoms with van der Waals surface area (Å²) in [5.74, 6) is 2.48. The van der Waals surface area contributed by atoms with Crippen LogP contribution < -0.4 is 0 Å². The minimum absolute atomic E-state index is 0. The van der Waals surface area contributed by atoms with Crippen molar-refractivity contribution in [2.24, 2.45) is 17.8 Å². The van der Waals surface area contributed by atoms with E-state index in [9.17, 15) is 8.42 Å². The summed E-state index contributed by atoms with van der Waals surface area (Å²) in [5, 5.41) is 0. The van der Waals surface area contributed by atoms with E-state index >= 15 is 0 Å². The summed E-state index contributed by atoms with van der Waals surface area (Å²) in [6.07, 6.45) is 12.7. The molecule has 0 spiro atoms. The third kappa shape index (κ3) is 13.4. The number of hydrogen-bond acceptors (Lipinski definition) is 2. The van der Waals surface area contributed by atoms with Crippen molar-refractivity contribution in [1.82, 2.24) is 0 Å². The Hall–Kier alpha value is 0.130. The van der Waals surface area contributed by atoms with Crippen LogP contribution >= 0.6 is 0 Å². The van der Waals surface area contributed by atoms with E-state index in [1.807, 2.05) is 0 Å². The van der Waals surface area contributed by atoms with Crippen LogP contribution in [0.1, 0.15) is 91.0 Å². The first-order valence-corrected chi connectivity index (χ1v) is 12.2. The van der Waals surface area contributed by atoms with Crippen molar-refractivity contribution >= 4 is 39.7 Å². The Morgan fingerprint density at radius 2 is 1.21 bits per heavy atom. The van der Waals surface area contributed by atoms with Crippen molar-refractivity contribution in [2.75, 3.05) is 0 Å². The van der Waals surface area contributed by atoms with E-state index in [1.54, 1.807) is 12.1 Å². The van der Waals surface area contributed by atoms with Gasteiger partial charge in [0.2, 0.25) is 0 Å². The Kier molecular flexibility index (Phi) is 15.1. The van der Waals surface area contributed by atoms with Gasteiger partial charge < -0.3 is 0 Å². The first-order chi connectivity index (χ1) is 12.7. The van der Waals surface area contributed by atoms with Gasteiger partial charge in [-0.25, -0.2) is 0 Å². The SMILES string of the molecule is CC(C)CCCC(C)CCCC(C)CCCCc1ccc(S(=O)(=O)O)cc1.[NaH]. The van der Waals surface area contributed by atoms with Gasteiger partial charge in [-0.15, -0.1) is 0 Å². The average molecular weight is 421 g/mol. The van der Waals surface area contributed by atoms with Crippen molar-refractivity contribution in [3.05, 3.63) is 29.8 Å². The van der Waals surface area contributed by atoms with Gasteiger partial charge in [0.15, 0.2) is 0 Å². The minimum atomic E-state index is -4.08. The molecule has 3 nitrogen and oxygen atoms in total. The molecule has 28 heavy (non-hydrogen) atoms. The van der Waals surface area contributed by atoms with Crippen LogP contribution in [0.3, 0.4) is 0 Å². The molecule has 0 saturated heterocycles. The molecule has 1 aromatic rings. The molecule has 1 aromatic carbocycles. The van der Waals surface area contributed by atoms with Crippen LogP contribution in [-0.4, -0.2) is 42.5 Å². The van der Waals surface area contributed by atoms with Crippen molar-refractivity contribution in [1.29, 1.82) is 0 Å². The average Bonchev–Trinajstić information content (AvgIpc) is 2.58. The van der Waals surface area contributed by atoms with Crippen molar-refractivity contribution in [2.45, 2.75) is 96.8 Å². The summed E-state index contributed by atoms with van der Waals surface area (Å²) in [5.41, 5.74) is 1.13. The van der Waals surface area contributed by atoms with Crippen LogP contribution in [0.15, 0.2) is 29.2 Å². The topological polar surface area (TPSA) is 54.4 Å². The molecule has 0 fully saturated rings. The molecular formula is C23H41NaO3S. The molecule has 2 atom stereocenters. The van der Waals surface area contributed by atoms with Gasteiger partial charge in [-0.1, -0.05) is 91.2 Å². The Morgan fingerprint density at radius 1 is 0.750 bits per heavy atom. The fourth-order valence-corrected chi connectivity index (χ4v) is 4.11. The van der Waals surface area contributed by atoms with Gasteiger partial charge in [0.25, 0.3) is 10.1 Å². The van der Waals surface area contributed by atoms with Crippen molar-refractivity contribution < 1.29 is 13.0 Å². The molecule has 0 radical (unpaired) electrons. The van der Waals surface area contributed by atoms with E-state index in [-0.39, 0.29) is 34.5 Å². The molecular weight excluding hydrogens is 379 g/mol. The molecule has 0 aliphatic rings. The number of benzene rings is 1. The van der Waals surface area contributed by atoms with Crippen LogP contribution in [0.2, 0.25) is 0 Å². The Labute approximate surface area is 196 Å². The molecule has 2 unspecified atom stereocenters. The van der Waals surface area contributed by atoms with Crippen molar-refractivity contribution in [3.63, 3.8) is 0 Å². The van der Waals surface area contributed by atoms with E-state index < -0.39 is 10.1 Å².